The number of likely N-dealkylation sites (N-methyl/N-ethyl adjacent to an activating group) is 1. The molecule has 0 aromatic heterocycles. The molecule has 1 amide bonds. The highest BCUT2D eigenvalue weighted by molar-refractivity contribution is 5.91. The molecule has 0 unspecified atom stereocenters. The average molecular weight is 339 g/mol. The maximum atomic E-state index is 12.5. The fourth-order valence-electron chi connectivity index (χ4n) is 2.54. The van der Waals surface area contributed by atoms with E-state index in [1.807, 2.05) is 68.5 Å². The lowest BCUT2D eigenvalue weighted by atomic mass is 10.1. The van der Waals surface area contributed by atoms with Crippen molar-refractivity contribution in [3.8, 4) is 11.5 Å². The first-order valence-electron chi connectivity index (χ1n) is 8.37. The first-order valence-corrected chi connectivity index (χ1v) is 8.37. The van der Waals surface area contributed by atoms with Crippen molar-refractivity contribution in [2.75, 3.05) is 20.8 Å². The number of carbonyl (C=O) groups is 1. The van der Waals surface area contributed by atoms with E-state index in [0.717, 1.165) is 22.6 Å². The lowest BCUT2D eigenvalue weighted by Crippen LogP contribution is -2.28. The first-order chi connectivity index (χ1) is 12.1. The van der Waals surface area contributed by atoms with Crippen molar-refractivity contribution < 1.29 is 14.3 Å². The van der Waals surface area contributed by atoms with E-state index >= 15 is 0 Å². The van der Waals surface area contributed by atoms with Gasteiger partial charge >= 0.3 is 0 Å². The largest absolute Gasteiger partial charge is 0.496 e. The molecule has 0 bridgehead atoms. The van der Waals surface area contributed by atoms with Crippen LogP contribution in [0.5, 0.6) is 11.5 Å². The Labute approximate surface area is 149 Å². The highest BCUT2D eigenvalue weighted by atomic mass is 16.5. The summed E-state index contributed by atoms with van der Waals surface area (Å²) in [5.41, 5.74) is 1.94. The molecule has 0 radical (unpaired) electrons. The number of methoxy groups -OCH3 is 1. The molecule has 0 aliphatic carbocycles. The topological polar surface area (TPSA) is 38.8 Å². The third-order valence-corrected chi connectivity index (χ3v) is 4.13. The van der Waals surface area contributed by atoms with Gasteiger partial charge in [-0.3, -0.25) is 4.79 Å². The van der Waals surface area contributed by atoms with E-state index < -0.39 is 0 Å². The summed E-state index contributed by atoms with van der Waals surface area (Å²) in [7, 11) is 3.43. The molecule has 0 fully saturated rings. The molecule has 2 aromatic carbocycles. The molecule has 132 valence electrons. The Morgan fingerprint density at radius 3 is 2.48 bits per heavy atom. The lowest BCUT2D eigenvalue weighted by Gasteiger charge is -2.25. The third-order valence-electron chi connectivity index (χ3n) is 4.13. The standard InChI is InChI=1S/C21H25NO3/c1-5-25-18-13-10-17(11-14-18)12-15-21(23)22(3)16(2)19-8-6-7-9-20(19)24-4/h6-16H,5H2,1-4H3/b15-12+/t16-/m1/s1. The number of ether oxygens (including phenoxy) is 2. The van der Waals surface area contributed by atoms with Gasteiger partial charge in [0.1, 0.15) is 11.5 Å². The van der Waals surface area contributed by atoms with Gasteiger partial charge in [-0.15, -0.1) is 0 Å². The monoisotopic (exact) mass is 339 g/mol. The Hall–Kier alpha value is -2.75. The zero-order valence-corrected chi connectivity index (χ0v) is 15.2. The maximum absolute atomic E-state index is 12.5. The molecule has 4 heteroatoms. The highest BCUT2D eigenvalue weighted by Gasteiger charge is 2.18. The zero-order valence-electron chi connectivity index (χ0n) is 15.2. The van der Waals surface area contributed by atoms with Gasteiger partial charge < -0.3 is 14.4 Å². The minimum atomic E-state index is -0.0892. The molecule has 2 rings (SSSR count). The molecule has 0 saturated heterocycles. The summed E-state index contributed by atoms with van der Waals surface area (Å²) in [6.07, 6.45) is 3.39. The quantitative estimate of drug-likeness (QED) is 0.705. The van der Waals surface area contributed by atoms with Crippen molar-refractivity contribution in [2.45, 2.75) is 19.9 Å². The van der Waals surface area contributed by atoms with Crippen LogP contribution in [0, 0.1) is 0 Å². The molecular formula is C21H25NO3. The molecule has 0 saturated carbocycles. The van der Waals surface area contributed by atoms with Crippen LogP contribution >= 0.6 is 0 Å². The Morgan fingerprint density at radius 2 is 1.84 bits per heavy atom. The summed E-state index contributed by atoms with van der Waals surface area (Å²) in [6, 6.07) is 15.3. The van der Waals surface area contributed by atoms with Crippen LogP contribution in [-0.4, -0.2) is 31.6 Å². The Balaban J connectivity index is 2.06. The number of hydrogen-bond donors (Lipinski definition) is 0. The van der Waals surface area contributed by atoms with Gasteiger partial charge in [-0.2, -0.15) is 0 Å². The molecule has 0 spiro atoms. The average Bonchev–Trinajstić information content (AvgIpc) is 2.66. The second-order valence-corrected chi connectivity index (χ2v) is 5.70. The van der Waals surface area contributed by atoms with Gasteiger partial charge in [0.15, 0.2) is 0 Å². The second kappa shape index (κ2) is 8.92. The molecular weight excluding hydrogens is 314 g/mol. The van der Waals surface area contributed by atoms with Crippen LogP contribution in [0.1, 0.15) is 31.0 Å². The van der Waals surface area contributed by atoms with Crippen LogP contribution in [-0.2, 0) is 4.79 Å². The molecule has 2 aromatic rings. The molecule has 0 N–H and O–H groups in total. The predicted molar refractivity (Wildman–Crippen MR) is 101 cm³/mol. The minimum absolute atomic E-state index is 0.0627. The number of hydrogen-bond acceptors (Lipinski definition) is 3. The van der Waals surface area contributed by atoms with Crippen molar-refractivity contribution in [3.05, 3.63) is 65.7 Å². The smallest absolute Gasteiger partial charge is 0.246 e. The second-order valence-electron chi connectivity index (χ2n) is 5.70. The van der Waals surface area contributed by atoms with Crippen molar-refractivity contribution >= 4 is 12.0 Å². The SMILES string of the molecule is CCOc1ccc(/C=C/C(=O)N(C)[C@H](C)c2ccccc2OC)cc1. The number of para-hydroxylation sites is 1. The van der Waals surface area contributed by atoms with E-state index in [0.29, 0.717) is 6.61 Å². The molecule has 0 aliphatic heterocycles. The summed E-state index contributed by atoms with van der Waals surface area (Å²) < 4.78 is 10.8. The fraction of sp³-hybridized carbons (Fsp3) is 0.286. The highest BCUT2D eigenvalue weighted by Crippen LogP contribution is 2.28. The fourth-order valence-corrected chi connectivity index (χ4v) is 2.54. The molecule has 1 atom stereocenters. The van der Waals surface area contributed by atoms with Crippen LogP contribution in [0.15, 0.2) is 54.6 Å². The van der Waals surface area contributed by atoms with Crippen molar-refractivity contribution in [2.24, 2.45) is 0 Å². The maximum Gasteiger partial charge on any atom is 0.246 e. The number of benzene rings is 2. The van der Waals surface area contributed by atoms with Gasteiger partial charge in [-0.05, 0) is 43.7 Å². The molecule has 25 heavy (non-hydrogen) atoms. The molecule has 0 aliphatic rings. The summed E-state index contributed by atoms with van der Waals surface area (Å²) in [5.74, 6) is 1.55. The van der Waals surface area contributed by atoms with Crippen LogP contribution in [0.25, 0.3) is 6.08 Å². The number of carbonyl (C=O) groups excluding carboxylic acids is 1. The van der Waals surface area contributed by atoms with Crippen LogP contribution in [0.2, 0.25) is 0 Å². The van der Waals surface area contributed by atoms with Crippen LogP contribution < -0.4 is 9.47 Å². The van der Waals surface area contributed by atoms with Gasteiger partial charge in [0.25, 0.3) is 0 Å². The lowest BCUT2D eigenvalue weighted by molar-refractivity contribution is -0.126. The van der Waals surface area contributed by atoms with Crippen LogP contribution in [0.3, 0.4) is 0 Å². The van der Waals surface area contributed by atoms with Gasteiger partial charge in [0.05, 0.1) is 19.8 Å². The van der Waals surface area contributed by atoms with E-state index in [1.54, 1.807) is 25.1 Å². The van der Waals surface area contributed by atoms with Crippen molar-refractivity contribution in [1.29, 1.82) is 0 Å². The van der Waals surface area contributed by atoms with E-state index in [1.165, 1.54) is 0 Å². The van der Waals surface area contributed by atoms with Gasteiger partial charge in [0.2, 0.25) is 5.91 Å². The minimum Gasteiger partial charge on any atom is -0.496 e. The molecule has 4 nitrogen and oxygen atoms in total. The summed E-state index contributed by atoms with van der Waals surface area (Å²) in [5, 5.41) is 0. The Bertz CT molecular complexity index is 722. The first kappa shape index (κ1) is 18.6. The van der Waals surface area contributed by atoms with E-state index in [4.69, 9.17) is 9.47 Å². The van der Waals surface area contributed by atoms with Crippen molar-refractivity contribution in [1.82, 2.24) is 4.90 Å². The molecule has 0 heterocycles. The Kier molecular flexibility index (Phi) is 6.63. The van der Waals surface area contributed by atoms with Crippen molar-refractivity contribution in [3.63, 3.8) is 0 Å². The van der Waals surface area contributed by atoms with E-state index in [9.17, 15) is 4.79 Å². The summed E-state index contributed by atoms with van der Waals surface area (Å²) >= 11 is 0. The van der Waals surface area contributed by atoms with Gasteiger partial charge in [-0.1, -0.05) is 30.3 Å². The summed E-state index contributed by atoms with van der Waals surface area (Å²) in [6.45, 7) is 4.57. The normalized spacial score (nSPS) is 12.0. The summed E-state index contributed by atoms with van der Waals surface area (Å²) in [4.78, 5) is 14.2. The van der Waals surface area contributed by atoms with E-state index in [-0.39, 0.29) is 11.9 Å². The van der Waals surface area contributed by atoms with Gasteiger partial charge in [-0.25, -0.2) is 0 Å². The van der Waals surface area contributed by atoms with Gasteiger partial charge in [0, 0.05) is 18.7 Å². The van der Waals surface area contributed by atoms with Crippen LogP contribution in [0.4, 0.5) is 0 Å². The third kappa shape index (κ3) is 4.86. The zero-order chi connectivity index (χ0) is 18.2. The number of nitrogens with zero attached hydrogens (tertiary/aromatic N) is 1. The number of amides is 1. The predicted octanol–water partition coefficient (Wildman–Crippen LogP) is 4.33. The van der Waals surface area contributed by atoms with E-state index in [2.05, 4.69) is 0 Å². The number of rotatable bonds is 7. The Morgan fingerprint density at radius 1 is 1.16 bits per heavy atom.